The molecule has 1 aliphatic rings. The molecular formula is C9H12F3NO2. The first kappa shape index (κ1) is 11.9. The van der Waals surface area contributed by atoms with Crippen molar-refractivity contribution < 1.29 is 22.7 Å². The summed E-state index contributed by atoms with van der Waals surface area (Å²) in [5.74, 6) is -2.00. The molecule has 1 aliphatic carbocycles. The van der Waals surface area contributed by atoms with E-state index in [1.807, 2.05) is 0 Å². The molecule has 0 aromatic heterocycles. The highest BCUT2D eigenvalue weighted by Crippen LogP contribution is 2.22. The van der Waals surface area contributed by atoms with Gasteiger partial charge in [-0.2, -0.15) is 13.2 Å². The predicted octanol–water partition coefficient (Wildman–Crippen LogP) is 1.75. The molecule has 86 valence electrons. The summed E-state index contributed by atoms with van der Waals surface area (Å²) in [6, 6.07) is 0.142. The Morgan fingerprint density at radius 2 is 2.13 bits per heavy atom. The maximum Gasteiger partial charge on any atom is 0.454 e. The van der Waals surface area contributed by atoms with Crippen LogP contribution in [0.15, 0.2) is 12.0 Å². The minimum absolute atomic E-state index is 0.0951. The second-order valence-corrected chi connectivity index (χ2v) is 3.22. The van der Waals surface area contributed by atoms with Crippen LogP contribution in [0.3, 0.4) is 0 Å². The van der Waals surface area contributed by atoms with Gasteiger partial charge in [0.05, 0.1) is 12.7 Å². The lowest BCUT2D eigenvalue weighted by molar-refractivity contribution is -0.165. The summed E-state index contributed by atoms with van der Waals surface area (Å²) in [6.07, 6.45) is -2.59. The maximum absolute atomic E-state index is 11.9. The van der Waals surface area contributed by atoms with E-state index in [4.69, 9.17) is 4.74 Å². The SMILES string of the molecule is CCO/C(=C/C(=O)C(F)(F)F)NC1CC1. The molecule has 0 aliphatic heterocycles. The molecule has 0 aromatic carbocycles. The van der Waals surface area contributed by atoms with E-state index >= 15 is 0 Å². The number of allylic oxidation sites excluding steroid dienone is 1. The maximum atomic E-state index is 11.9. The van der Waals surface area contributed by atoms with Crippen LogP contribution < -0.4 is 5.32 Å². The highest BCUT2D eigenvalue weighted by atomic mass is 19.4. The molecule has 0 atom stereocenters. The Morgan fingerprint density at radius 1 is 1.53 bits per heavy atom. The fourth-order valence-corrected chi connectivity index (χ4v) is 0.910. The Kier molecular flexibility index (Phi) is 3.60. The van der Waals surface area contributed by atoms with E-state index in [-0.39, 0.29) is 18.5 Å². The lowest BCUT2D eigenvalue weighted by Gasteiger charge is -2.10. The third-order valence-electron chi connectivity index (χ3n) is 1.77. The first-order chi connectivity index (χ1) is 6.93. The monoisotopic (exact) mass is 223 g/mol. The van der Waals surface area contributed by atoms with Crippen molar-refractivity contribution in [2.45, 2.75) is 32.0 Å². The fourth-order valence-electron chi connectivity index (χ4n) is 0.910. The number of halogens is 3. The topological polar surface area (TPSA) is 38.3 Å². The van der Waals surface area contributed by atoms with Crippen LogP contribution in [0.5, 0.6) is 0 Å². The first-order valence-corrected chi connectivity index (χ1v) is 4.65. The van der Waals surface area contributed by atoms with Crippen LogP contribution in [-0.2, 0) is 9.53 Å². The van der Waals surface area contributed by atoms with E-state index in [0.29, 0.717) is 6.08 Å². The van der Waals surface area contributed by atoms with Crippen LogP contribution >= 0.6 is 0 Å². The zero-order valence-corrected chi connectivity index (χ0v) is 8.23. The van der Waals surface area contributed by atoms with Gasteiger partial charge in [-0.1, -0.05) is 0 Å². The summed E-state index contributed by atoms with van der Waals surface area (Å²) >= 11 is 0. The Balaban J connectivity index is 2.59. The summed E-state index contributed by atoms with van der Waals surface area (Å²) < 4.78 is 40.7. The van der Waals surface area contributed by atoms with Crippen molar-refractivity contribution in [3.8, 4) is 0 Å². The molecule has 0 spiro atoms. The molecule has 0 unspecified atom stereocenters. The van der Waals surface area contributed by atoms with Gasteiger partial charge >= 0.3 is 6.18 Å². The molecule has 0 heterocycles. The molecule has 0 amide bonds. The number of hydrogen-bond acceptors (Lipinski definition) is 3. The lowest BCUT2D eigenvalue weighted by atomic mass is 10.3. The minimum Gasteiger partial charge on any atom is -0.479 e. The Labute approximate surface area is 85.3 Å². The van der Waals surface area contributed by atoms with E-state index in [0.717, 1.165) is 12.8 Å². The molecule has 1 saturated carbocycles. The van der Waals surface area contributed by atoms with Gasteiger partial charge < -0.3 is 10.1 Å². The van der Waals surface area contributed by atoms with E-state index in [1.165, 1.54) is 0 Å². The number of nitrogens with one attached hydrogen (secondary N) is 1. The van der Waals surface area contributed by atoms with Gasteiger partial charge in [-0.3, -0.25) is 4.79 Å². The molecule has 3 nitrogen and oxygen atoms in total. The van der Waals surface area contributed by atoms with Gasteiger partial charge in [-0.05, 0) is 19.8 Å². The van der Waals surface area contributed by atoms with Crippen LogP contribution in [0.25, 0.3) is 0 Å². The molecule has 0 aromatic rings. The third kappa shape index (κ3) is 4.22. The fraction of sp³-hybridized carbons (Fsp3) is 0.667. The standard InChI is InChI=1S/C9H12F3NO2/c1-2-15-8(13-6-3-4-6)5-7(14)9(10,11)12/h5-6,13H,2-4H2,1H3/b8-5+. The number of carbonyl (C=O) groups is 1. The molecule has 6 heteroatoms. The van der Waals surface area contributed by atoms with Gasteiger partial charge in [0.25, 0.3) is 5.78 Å². The second-order valence-electron chi connectivity index (χ2n) is 3.22. The number of ether oxygens (including phenoxy) is 1. The predicted molar refractivity (Wildman–Crippen MR) is 46.9 cm³/mol. The van der Waals surface area contributed by atoms with Gasteiger partial charge in [0.15, 0.2) is 5.88 Å². The normalized spacial score (nSPS) is 17.5. The summed E-state index contributed by atoms with van der Waals surface area (Å²) in [5, 5.41) is 2.71. The molecule has 0 saturated heterocycles. The third-order valence-corrected chi connectivity index (χ3v) is 1.77. The molecule has 1 fully saturated rings. The molecule has 0 radical (unpaired) electrons. The average Bonchev–Trinajstić information content (AvgIpc) is 2.86. The van der Waals surface area contributed by atoms with Crippen LogP contribution in [0.2, 0.25) is 0 Å². The Morgan fingerprint density at radius 3 is 2.53 bits per heavy atom. The van der Waals surface area contributed by atoms with Crippen LogP contribution in [0.1, 0.15) is 19.8 Å². The number of carbonyl (C=O) groups excluding carboxylic acids is 1. The second kappa shape index (κ2) is 4.55. The van der Waals surface area contributed by atoms with Crippen LogP contribution in [-0.4, -0.2) is 24.6 Å². The summed E-state index contributed by atoms with van der Waals surface area (Å²) in [5.41, 5.74) is 0. The van der Waals surface area contributed by atoms with Crippen molar-refractivity contribution in [1.82, 2.24) is 5.32 Å². The molecule has 0 bridgehead atoms. The van der Waals surface area contributed by atoms with E-state index < -0.39 is 12.0 Å². The number of hydrogen-bond donors (Lipinski definition) is 1. The highest BCUT2D eigenvalue weighted by Gasteiger charge is 2.37. The molecule has 1 rings (SSSR count). The first-order valence-electron chi connectivity index (χ1n) is 4.65. The largest absolute Gasteiger partial charge is 0.479 e. The van der Waals surface area contributed by atoms with Crippen molar-refractivity contribution in [2.24, 2.45) is 0 Å². The summed E-state index contributed by atoms with van der Waals surface area (Å²) in [4.78, 5) is 10.6. The highest BCUT2D eigenvalue weighted by molar-refractivity contribution is 5.94. The van der Waals surface area contributed by atoms with Gasteiger partial charge in [-0.15, -0.1) is 0 Å². The quantitative estimate of drug-likeness (QED) is 0.570. The molecule has 15 heavy (non-hydrogen) atoms. The van der Waals surface area contributed by atoms with E-state index in [2.05, 4.69) is 5.32 Å². The van der Waals surface area contributed by atoms with Crippen molar-refractivity contribution in [3.05, 3.63) is 12.0 Å². The molecule has 1 N–H and O–H groups in total. The number of alkyl halides is 3. The van der Waals surface area contributed by atoms with Gasteiger partial charge in [0, 0.05) is 6.04 Å². The number of rotatable bonds is 5. The Hall–Kier alpha value is -1.20. The zero-order valence-electron chi connectivity index (χ0n) is 8.23. The van der Waals surface area contributed by atoms with Gasteiger partial charge in [-0.25, -0.2) is 0 Å². The van der Waals surface area contributed by atoms with Gasteiger partial charge in [0.1, 0.15) is 0 Å². The van der Waals surface area contributed by atoms with Crippen LogP contribution in [0, 0.1) is 0 Å². The van der Waals surface area contributed by atoms with Crippen LogP contribution in [0.4, 0.5) is 13.2 Å². The van der Waals surface area contributed by atoms with Crippen molar-refractivity contribution >= 4 is 5.78 Å². The summed E-state index contributed by atoms with van der Waals surface area (Å²) in [7, 11) is 0. The Bertz CT molecular complexity index is 269. The van der Waals surface area contributed by atoms with Crippen molar-refractivity contribution in [1.29, 1.82) is 0 Å². The van der Waals surface area contributed by atoms with E-state index in [1.54, 1.807) is 6.92 Å². The van der Waals surface area contributed by atoms with Crippen molar-refractivity contribution in [2.75, 3.05) is 6.61 Å². The molecular weight excluding hydrogens is 211 g/mol. The van der Waals surface area contributed by atoms with Crippen molar-refractivity contribution in [3.63, 3.8) is 0 Å². The minimum atomic E-state index is -4.84. The zero-order chi connectivity index (χ0) is 11.5. The van der Waals surface area contributed by atoms with E-state index in [9.17, 15) is 18.0 Å². The number of ketones is 1. The lowest BCUT2D eigenvalue weighted by Crippen LogP contribution is -2.25. The smallest absolute Gasteiger partial charge is 0.454 e. The average molecular weight is 223 g/mol. The van der Waals surface area contributed by atoms with Gasteiger partial charge in [0.2, 0.25) is 0 Å². The summed E-state index contributed by atoms with van der Waals surface area (Å²) in [6.45, 7) is 1.86.